The molecule has 4 rings (SSSR count). The fraction of sp³-hybridized carbons (Fsp3) is 0.455. The van der Waals surface area contributed by atoms with Crippen LogP contribution in [0.15, 0.2) is 41.8 Å². The lowest BCUT2D eigenvalue weighted by Gasteiger charge is -2.27. The van der Waals surface area contributed by atoms with Crippen LogP contribution in [0, 0.1) is 0 Å². The van der Waals surface area contributed by atoms with Gasteiger partial charge in [0, 0.05) is 36.6 Å². The highest BCUT2D eigenvalue weighted by Gasteiger charge is 2.24. The van der Waals surface area contributed by atoms with E-state index < -0.39 is 0 Å². The minimum atomic E-state index is -0.194. The molecule has 1 aromatic carbocycles. The van der Waals surface area contributed by atoms with Crippen molar-refractivity contribution in [3.8, 4) is 0 Å². The molecule has 6 nitrogen and oxygen atoms in total. The van der Waals surface area contributed by atoms with E-state index >= 15 is 0 Å². The zero-order valence-corrected chi connectivity index (χ0v) is 17.4. The Kier molecular flexibility index (Phi) is 6.46. The van der Waals surface area contributed by atoms with Gasteiger partial charge in [0.15, 0.2) is 0 Å². The van der Waals surface area contributed by atoms with Gasteiger partial charge in [-0.25, -0.2) is 4.79 Å². The van der Waals surface area contributed by atoms with Crippen molar-refractivity contribution in [3.05, 3.63) is 52.2 Å². The summed E-state index contributed by atoms with van der Waals surface area (Å²) in [4.78, 5) is 30.0. The summed E-state index contributed by atoms with van der Waals surface area (Å²) in [5, 5.41) is 8.08. The molecule has 2 N–H and O–H groups in total. The van der Waals surface area contributed by atoms with Crippen LogP contribution in [0.2, 0.25) is 0 Å². The molecule has 0 spiro atoms. The smallest absolute Gasteiger partial charge is 0.319 e. The van der Waals surface area contributed by atoms with Gasteiger partial charge in [-0.1, -0.05) is 18.2 Å². The molecule has 2 fully saturated rings. The number of amides is 3. The Hall–Kier alpha value is -2.38. The number of rotatable bonds is 7. The average Bonchev–Trinajstić information content (AvgIpc) is 3.47. The lowest BCUT2D eigenvalue weighted by atomic mass is 10.2. The third kappa shape index (κ3) is 5.16. The largest absolute Gasteiger partial charge is 0.338 e. The minimum Gasteiger partial charge on any atom is -0.338 e. The van der Waals surface area contributed by atoms with Gasteiger partial charge < -0.3 is 15.5 Å². The molecule has 0 bridgehead atoms. The topological polar surface area (TPSA) is 64.7 Å². The number of likely N-dealkylation sites (tertiary alicyclic amines) is 2. The molecule has 29 heavy (non-hydrogen) atoms. The Bertz CT molecular complexity index is 833. The highest BCUT2D eigenvalue weighted by Crippen LogP contribution is 2.27. The van der Waals surface area contributed by atoms with Crippen molar-refractivity contribution in [2.45, 2.75) is 38.3 Å². The lowest BCUT2D eigenvalue weighted by Crippen LogP contribution is -2.38. The Morgan fingerprint density at radius 3 is 2.69 bits per heavy atom. The van der Waals surface area contributed by atoms with Crippen molar-refractivity contribution in [3.63, 3.8) is 0 Å². The van der Waals surface area contributed by atoms with E-state index in [1.54, 1.807) is 11.3 Å². The fourth-order valence-electron chi connectivity index (χ4n) is 4.15. The highest BCUT2D eigenvalue weighted by molar-refractivity contribution is 7.10. The Labute approximate surface area is 175 Å². The van der Waals surface area contributed by atoms with Gasteiger partial charge >= 0.3 is 6.03 Å². The maximum Gasteiger partial charge on any atom is 0.319 e. The van der Waals surface area contributed by atoms with E-state index in [4.69, 9.17) is 0 Å². The first kappa shape index (κ1) is 19.9. The number of thiophene rings is 1. The number of carbonyl (C=O) groups excluding carboxylic acids is 2. The van der Waals surface area contributed by atoms with Crippen LogP contribution < -0.4 is 10.6 Å². The van der Waals surface area contributed by atoms with Crippen molar-refractivity contribution < 1.29 is 9.59 Å². The maximum atomic E-state index is 12.5. The van der Waals surface area contributed by atoms with E-state index in [1.807, 2.05) is 29.2 Å². The molecule has 0 radical (unpaired) electrons. The van der Waals surface area contributed by atoms with E-state index in [2.05, 4.69) is 33.0 Å². The number of benzene rings is 1. The van der Waals surface area contributed by atoms with Crippen molar-refractivity contribution in [2.75, 3.05) is 31.5 Å². The number of hydrogen-bond donors (Lipinski definition) is 2. The van der Waals surface area contributed by atoms with Crippen molar-refractivity contribution in [2.24, 2.45) is 0 Å². The van der Waals surface area contributed by atoms with Crippen LogP contribution in [-0.4, -0.2) is 47.9 Å². The SMILES string of the molecule is O=C(NCC(c1cccs1)N1CCCC1)Nc1cccc(CN2CCCC2=O)c1. The molecule has 0 saturated carbocycles. The molecule has 2 aliphatic heterocycles. The molecule has 1 unspecified atom stereocenters. The number of hydrogen-bond acceptors (Lipinski definition) is 4. The Balaban J connectivity index is 1.33. The van der Waals surface area contributed by atoms with Crippen LogP contribution in [-0.2, 0) is 11.3 Å². The molecule has 3 heterocycles. The van der Waals surface area contributed by atoms with Gasteiger partial charge in [-0.3, -0.25) is 9.69 Å². The molecule has 2 saturated heterocycles. The van der Waals surface area contributed by atoms with E-state index in [0.717, 1.165) is 37.3 Å². The van der Waals surface area contributed by atoms with Gasteiger partial charge in [0.1, 0.15) is 0 Å². The second kappa shape index (κ2) is 9.41. The van der Waals surface area contributed by atoms with Gasteiger partial charge in [-0.2, -0.15) is 0 Å². The quantitative estimate of drug-likeness (QED) is 0.726. The molecule has 1 aromatic heterocycles. The summed E-state index contributed by atoms with van der Waals surface area (Å²) < 4.78 is 0. The zero-order chi connectivity index (χ0) is 20.1. The molecular formula is C22H28N4O2S. The Morgan fingerprint density at radius 2 is 1.97 bits per heavy atom. The molecule has 7 heteroatoms. The molecule has 0 aliphatic carbocycles. The highest BCUT2D eigenvalue weighted by atomic mass is 32.1. The van der Waals surface area contributed by atoms with Gasteiger partial charge in [0.05, 0.1) is 6.04 Å². The lowest BCUT2D eigenvalue weighted by molar-refractivity contribution is -0.128. The third-order valence-electron chi connectivity index (χ3n) is 5.64. The van der Waals surface area contributed by atoms with Crippen LogP contribution in [0.5, 0.6) is 0 Å². The Morgan fingerprint density at radius 1 is 1.10 bits per heavy atom. The average molecular weight is 413 g/mol. The normalized spacial score (nSPS) is 18.2. The maximum absolute atomic E-state index is 12.5. The van der Waals surface area contributed by atoms with Gasteiger partial charge in [-0.15, -0.1) is 11.3 Å². The summed E-state index contributed by atoms with van der Waals surface area (Å²) in [6, 6.07) is 12.0. The van der Waals surface area contributed by atoms with Gasteiger partial charge in [0.25, 0.3) is 0 Å². The minimum absolute atomic E-state index is 0.194. The first-order valence-electron chi connectivity index (χ1n) is 10.4. The molecule has 154 valence electrons. The summed E-state index contributed by atoms with van der Waals surface area (Å²) in [5.41, 5.74) is 1.78. The van der Waals surface area contributed by atoms with Crippen LogP contribution in [0.3, 0.4) is 0 Å². The molecular weight excluding hydrogens is 384 g/mol. The summed E-state index contributed by atoms with van der Waals surface area (Å²) in [6.07, 6.45) is 4.02. The van der Waals surface area contributed by atoms with E-state index in [9.17, 15) is 9.59 Å². The monoisotopic (exact) mass is 412 g/mol. The molecule has 3 amide bonds. The predicted octanol–water partition coefficient (Wildman–Crippen LogP) is 3.83. The molecule has 1 atom stereocenters. The van der Waals surface area contributed by atoms with E-state index in [0.29, 0.717) is 19.5 Å². The molecule has 2 aromatic rings. The predicted molar refractivity (Wildman–Crippen MR) is 116 cm³/mol. The first-order valence-corrected chi connectivity index (χ1v) is 11.3. The number of carbonyl (C=O) groups is 2. The first-order chi connectivity index (χ1) is 14.2. The van der Waals surface area contributed by atoms with Crippen molar-refractivity contribution >= 4 is 29.0 Å². The van der Waals surface area contributed by atoms with E-state index in [-0.39, 0.29) is 18.0 Å². The third-order valence-corrected chi connectivity index (χ3v) is 6.61. The summed E-state index contributed by atoms with van der Waals surface area (Å²) in [5.74, 6) is 0.211. The number of nitrogens with zero attached hydrogens (tertiary/aromatic N) is 2. The van der Waals surface area contributed by atoms with E-state index in [1.165, 1.54) is 17.7 Å². The van der Waals surface area contributed by atoms with Crippen molar-refractivity contribution in [1.82, 2.24) is 15.1 Å². The number of anilines is 1. The van der Waals surface area contributed by atoms with Crippen LogP contribution in [0.25, 0.3) is 0 Å². The number of urea groups is 1. The van der Waals surface area contributed by atoms with Crippen molar-refractivity contribution in [1.29, 1.82) is 0 Å². The second-order valence-corrected chi connectivity index (χ2v) is 8.71. The second-order valence-electron chi connectivity index (χ2n) is 7.73. The summed E-state index contributed by atoms with van der Waals surface area (Å²) in [6.45, 7) is 4.18. The van der Waals surface area contributed by atoms with Crippen LogP contribution in [0.4, 0.5) is 10.5 Å². The molecule has 2 aliphatic rings. The summed E-state index contributed by atoms with van der Waals surface area (Å²) >= 11 is 1.75. The van der Waals surface area contributed by atoms with Crippen LogP contribution >= 0.6 is 11.3 Å². The number of nitrogens with one attached hydrogen (secondary N) is 2. The zero-order valence-electron chi connectivity index (χ0n) is 16.6. The van der Waals surface area contributed by atoms with Crippen LogP contribution in [0.1, 0.15) is 42.2 Å². The van der Waals surface area contributed by atoms with Gasteiger partial charge in [0.2, 0.25) is 5.91 Å². The standard InChI is InChI=1S/C22H28N4O2S/c27-21-9-4-12-26(21)16-17-6-3-7-18(14-17)24-22(28)23-15-19(20-8-5-13-29-20)25-10-1-2-11-25/h3,5-8,13-14,19H,1-2,4,9-12,15-16H2,(H2,23,24,28). The fourth-order valence-corrected chi connectivity index (χ4v) is 5.01. The van der Waals surface area contributed by atoms with Gasteiger partial charge in [-0.05, 0) is 61.5 Å². The summed E-state index contributed by atoms with van der Waals surface area (Å²) in [7, 11) is 0.